The lowest BCUT2D eigenvalue weighted by molar-refractivity contribution is 1.18. The Balaban J connectivity index is 1.43. The zero-order valence-corrected chi connectivity index (χ0v) is 26.2. The number of hydrogen-bond donors (Lipinski definition) is 0. The van der Waals surface area contributed by atoms with Crippen LogP contribution in [0.5, 0.6) is 0 Å². The van der Waals surface area contributed by atoms with Crippen LogP contribution in [0.4, 0.5) is 0 Å². The van der Waals surface area contributed by atoms with E-state index < -0.39 is 0 Å². The molecule has 0 spiro atoms. The van der Waals surface area contributed by atoms with E-state index in [1.54, 1.807) is 0 Å². The fraction of sp³-hybridized carbons (Fsp3) is 0. The number of benzene rings is 7. The predicted octanol–water partition coefficient (Wildman–Crippen LogP) is 12.3. The molecule has 0 saturated carbocycles. The Bertz CT molecular complexity index is 2820. The van der Waals surface area contributed by atoms with Gasteiger partial charge in [0.2, 0.25) is 0 Å². The summed E-state index contributed by atoms with van der Waals surface area (Å²) in [6, 6.07) is 66.1. The van der Waals surface area contributed by atoms with Gasteiger partial charge in [0.05, 0.1) is 27.6 Å². The van der Waals surface area contributed by atoms with E-state index in [9.17, 15) is 0 Å². The highest BCUT2D eigenvalue weighted by molar-refractivity contribution is 6.26. The summed E-state index contributed by atoms with van der Waals surface area (Å²) in [6.07, 6.45) is 0. The maximum atomic E-state index is 2.54. The van der Waals surface area contributed by atoms with Crippen molar-refractivity contribution < 1.29 is 0 Å². The lowest BCUT2D eigenvalue weighted by Gasteiger charge is -2.14. The molecule has 0 radical (unpaired) electrons. The molecule has 2 nitrogen and oxygen atoms in total. The molecule has 0 amide bonds. The van der Waals surface area contributed by atoms with Crippen molar-refractivity contribution in [3.63, 3.8) is 0 Å². The second-order valence-electron chi connectivity index (χ2n) is 12.5. The van der Waals surface area contributed by atoms with Crippen LogP contribution in [-0.4, -0.2) is 8.97 Å². The zero-order valence-electron chi connectivity index (χ0n) is 26.2. The van der Waals surface area contributed by atoms with Crippen molar-refractivity contribution in [1.82, 2.24) is 8.97 Å². The highest BCUT2D eigenvalue weighted by Crippen LogP contribution is 2.47. The smallest absolute Gasteiger partial charge is 0.0810 e. The van der Waals surface area contributed by atoms with Gasteiger partial charge < -0.3 is 8.97 Å². The molecule has 0 aliphatic carbocycles. The molecule has 48 heavy (non-hydrogen) atoms. The molecule has 3 heterocycles. The van der Waals surface area contributed by atoms with E-state index in [1.165, 1.54) is 82.5 Å². The van der Waals surface area contributed by atoms with Crippen LogP contribution in [-0.2, 0) is 0 Å². The normalized spacial score (nSPS) is 11.8. The lowest BCUT2D eigenvalue weighted by atomic mass is 9.97. The van der Waals surface area contributed by atoms with Crippen molar-refractivity contribution in [2.24, 2.45) is 0 Å². The monoisotopic (exact) mass is 610 g/mol. The van der Waals surface area contributed by atoms with Crippen molar-refractivity contribution in [3.8, 4) is 39.1 Å². The summed E-state index contributed by atoms with van der Waals surface area (Å²) in [4.78, 5) is 0. The van der Waals surface area contributed by atoms with E-state index in [-0.39, 0.29) is 0 Å². The molecular weight excluding hydrogens is 581 g/mol. The molecule has 0 aliphatic rings. The predicted molar refractivity (Wildman–Crippen MR) is 203 cm³/mol. The molecule has 3 aromatic heterocycles. The van der Waals surface area contributed by atoms with Crippen LogP contribution in [0, 0.1) is 0 Å². The van der Waals surface area contributed by atoms with Crippen molar-refractivity contribution in [1.29, 1.82) is 0 Å². The molecule has 0 saturated heterocycles. The fourth-order valence-electron chi connectivity index (χ4n) is 7.81. The molecular formula is C46H30N2. The highest BCUT2D eigenvalue weighted by atomic mass is 15.0. The van der Waals surface area contributed by atoms with Crippen molar-refractivity contribution >= 4 is 49.1 Å². The quantitative estimate of drug-likeness (QED) is 0.175. The van der Waals surface area contributed by atoms with Crippen molar-refractivity contribution in [2.45, 2.75) is 0 Å². The van der Waals surface area contributed by atoms with Gasteiger partial charge in [-0.1, -0.05) is 152 Å². The summed E-state index contributed by atoms with van der Waals surface area (Å²) in [6.45, 7) is 0. The molecule has 0 bridgehead atoms. The molecule has 7 aromatic carbocycles. The maximum Gasteiger partial charge on any atom is 0.0810 e. The van der Waals surface area contributed by atoms with Crippen molar-refractivity contribution in [3.05, 3.63) is 182 Å². The van der Waals surface area contributed by atoms with E-state index in [2.05, 4.69) is 191 Å². The summed E-state index contributed by atoms with van der Waals surface area (Å²) in [5, 5.41) is 5.01. The van der Waals surface area contributed by atoms with Gasteiger partial charge in [-0.3, -0.25) is 0 Å². The topological polar surface area (TPSA) is 9.34 Å². The van der Waals surface area contributed by atoms with Crippen LogP contribution in [0.15, 0.2) is 182 Å². The van der Waals surface area contributed by atoms with E-state index in [1.807, 2.05) is 0 Å². The average Bonchev–Trinajstić information content (AvgIpc) is 3.69. The number of para-hydroxylation sites is 2. The summed E-state index contributed by atoms with van der Waals surface area (Å²) in [7, 11) is 0. The third kappa shape index (κ3) is 3.93. The number of pyridine rings is 1. The van der Waals surface area contributed by atoms with Crippen LogP contribution < -0.4 is 0 Å². The molecule has 2 heteroatoms. The first-order chi connectivity index (χ1) is 23.8. The van der Waals surface area contributed by atoms with E-state index >= 15 is 0 Å². The highest BCUT2D eigenvalue weighted by Gasteiger charge is 2.26. The van der Waals surface area contributed by atoms with Crippen LogP contribution in [0.25, 0.3) is 88.2 Å². The molecule has 0 N–H and O–H groups in total. The Kier molecular flexibility index (Phi) is 5.91. The molecule has 10 rings (SSSR count). The molecule has 0 atom stereocenters. The number of rotatable bonds is 4. The van der Waals surface area contributed by atoms with E-state index in [0.29, 0.717) is 0 Å². The lowest BCUT2D eigenvalue weighted by Crippen LogP contribution is -1.96. The van der Waals surface area contributed by atoms with E-state index in [4.69, 9.17) is 0 Å². The molecule has 0 fully saturated rings. The third-order valence-electron chi connectivity index (χ3n) is 9.86. The Morgan fingerprint density at radius 2 is 0.812 bits per heavy atom. The molecule has 0 aliphatic heterocycles. The van der Waals surface area contributed by atoms with Crippen LogP contribution in [0.1, 0.15) is 0 Å². The molecule has 10 aromatic rings. The third-order valence-corrected chi connectivity index (χ3v) is 9.86. The Hall–Kier alpha value is -6.38. The summed E-state index contributed by atoms with van der Waals surface area (Å²) >= 11 is 0. The standard InChI is InChI=1S/C46H30N2/c1-3-15-31(16-4-1)33-19-13-21-35(29-33)43-44-39-25-8-7-23-37(39)38-24-9-11-27-41(38)48(44)45-40-26-10-12-28-42(40)47(46(43)45)36-22-14-20-34(30-36)32-17-5-2-6-18-32/h1-30H. The van der Waals surface area contributed by atoms with Gasteiger partial charge in [0.25, 0.3) is 0 Å². The van der Waals surface area contributed by atoms with Crippen LogP contribution in [0.2, 0.25) is 0 Å². The van der Waals surface area contributed by atoms with Gasteiger partial charge >= 0.3 is 0 Å². The second-order valence-corrected chi connectivity index (χ2v) is 12.5. The number of nitrogens with zero attached hydrogens (tertiary/aromatic N) is 2. The van der Waals surface area contributed by atoms with Gasteiger partial charge in [-0.25, -0.2) is 0 Å². The summed E-state index contributed by atoms with van der Waals surface area (Å²) in [5.41, 5.74) is 14.5. The Labute approximate surface area is 278 Å². The summed E-state index contributed by atoms with van der Waals surface area (Å²) < 4.78 is 5.04. The van der Waals surface area contributed by atoms with Gasteiger partial charge in [-0.15, -0.1) is 0 Å². The van der Waals surface area contributed by atoms with Gasteiger partial charge in [-0.2, -0.15) is 0 Å². The molecule has 224 valence electrons. The van der Waals surface area contributed by atoms with Gasteiger partial charge in [-0.05, 0) is 63.5 Å². The van der Waals surface area contributed by atoms with Crippen LogP contribution in [0.3, 0.4) is 0 Å². The minimum atomic E-state index is 1.15. The first kappa shape index (κ1) is 26.8. The van der Waals surface area contributed by atoms with Gasteiger partial charge in [0.15, 0.2) is 0 Å². The Morgan fingerprint density at radius 3 is 1.54 bits per heavy atom. The first-order valence-electron chi connectivity index (χ1n) is 16.5. The minimum absolute atomic E-state index is 1.15. The van der Waals surface area contributed by atoms with E-state index in [0.717, 1.165) is 5.69 Å². The maximum absolute atomic E-state index is 2.54. The summed E-state index contributed by atoms with van der Waals surface area (Å²) in [5.74, 6) is 0. The second kappa shape index (κ2) is 10.6. The zero-order chi connectivity index (χ0) is 31.6. The average molecular weight is 611 g/mol. The largest absolute Gasteiger partial charge is 0.307 e. The minimum Gasteiger partial charge on any atom is -0.307 e. The SMILES string of the molecule is c1ccc(-c2cccc(-c3c4c(c5ccccc5n4-c4cccc(-c5ccccc5)c4)n4c5ccccc5c5ccccc5c34)c2)cc1. The fourth-order valence-corrected chi connectivity index (χ4v) is 7.81. The molecule has 0 unspecified atom stereocenters. The van der Waals surface area contributed by atoms with Crippen molar-refractivity contribution in [2.75, 3.05) is 0 Å². The number of fused-ring (bicyclic) bond motifs is 10. The number of hydrogen-bond acceptors (Lipinski definition) is 0. The van der Waals surface area contributed by atoms with Crippen LogP contribution >= 0.6 is 0 Å². The first-order valence-corrected chi connectivity index (χ1v) is 16.5. The number of aromatic nitrogens is 2. The van der Waals surface area contributed by atoms with Gasteiger partial charge in [0, 0.05) is 27.4 Å². The Morgan fingerprint density at radius 1 is 0.292 bits per heavy atom. The van der Waals surface area contributed by atoms with Gasteiger partial charge in [0.1, 0.15) is 0 Å².